The Morgan fingerprint density at radius 2 is 2.16 bits per heavy atom. The molecule has 0 radical (unpaired) electrons. The van der Waals surface area contributed by atoms with Gasteiger partial charge >= 0.3 is 0 Å². The van der Waals surface area contributed by atoms with Gasteiger partial charge in [0.25, 0.3) is 5.88 Å². The molecule has 7 nitrogen and oxygen atoms in total. The number of allylic oxidation sites excluding steroid dienone is 1. The summed E-state index contributed by atoms with van der Waals surface area (Å²) in [5.41, 5.74) is -3.12. The number of unbranched alkanes of at least 4 members (excludes halogenated alkanes) is 1. The van der Waals surface area contributed by atoms with E-state index in [4.69, 9.17) is 9.26 Å². The van der Waals surface area contributed by atoms with Gasteiger partial charge in [0.1, 0.15) is 5.56 Å². The van der Waals surface area contributed by atoms with Crippen LogP contribution in [0.4, 0.5) is 0 Å². The number of Topliss-reactive ketones (excluding diaryl/α,β-unsaturated/α-hetero) is 1. The van der Waals surface area contributed by atoms with Crippen LogP contribution in [0.1, 0.15) is 55.3 Å². The van der Waals surface area contributed by atoms with Crippen LogP contribution in [-0.4, -0.2) is 53.0 Å². The van der Waals surface area contributed by atoms with Gasteiger partial charge in [-0.15, -0.1) is 0 Å². The fourth-order valence-corrected chi connectivity index (χ4v) is 4.01. The van der Waals surface area contributed by atoms with E-state index in [2.05, 4.69) is 5.16 Å². The van der Waals surface area contributed by atoms with Gasteiger partial charge in [-0.1, -0.05) is 26.3 Å². The van der Waals surface area contributed by atoms with Crippen molar-refractivity contribution in [3.05, 3.63) is 23.5 Å². The largest absolute Gasteiger partial charge is 0.475 e. The van der Waals surface area contributed by atoms with Crippen LogP contribution in [0.25, 0.3) is 0 Å². The molecule has 0 aromatic carbocycles. The van der Waals surface area contributed by atoms with Gasteiger partial charge in [-0.3, -0.25) is 14.5 Å². The van der Waals surface area contributed by atoms with Crippen molar-refractivity contribution >= 4 is 11.6 Å². The van der Waals surface area contributed by atoms with Crippen molar-refractivity contribution in [1.82, 2.24) is 10.1 Å². The molecule has 0 saturated carbocycles. The smallest absolute Gasteiger partial charge is 0.265 e. The predicted molar refractivity (Wildman–Crippen MR) is 89.5 cm³/mol. The fraction of sp³-hybridized carbons (Fsp3) is 0.611. The second-order valence-corrected chi connectivity index (χ2v) is 7.22. The number of fused-ring (bicyclic) bond motifs is 2. The van der Waals surface area contributed by atoms with Crippen LogP contribution >= 0.6 is 0 Å². The highest BCUT2D eigenvalue weighted by Gasteiger charge is 2.67. The molecule has 7 heteroatoms. The van der Waals surface area contributed by atoms with Gasteiger partial charge in [0.15, 0.2) is 17.1 Å². The van der Waals surface area contributed by atoms with E-state index in [1.807, 2.05) is 25.9 Å². The van der Waals surface area contributed by atoms with Crippen LogP contribution in [0, 0.1) is 5.41 Å². The van der Waals surface area contributed by atoms with Crippen LogP contribution in [0.2, 0.25) is 0 Å². The Kier molecular flexibility index (Phi) is 4.33. The van der Waals surface area contributed by atoms with Gasteiger partial charge < -0.3 is 14.4 Å². The number of carbonyl (C=O) groups excluding carboxylic acids is 2. The number of hydrogen-bond donors (Lipinski definition) is 1. The van der Waals surface area contributed by atoms with Gasteiger partial charge in [-0.05, 0) is 38.2 Å². The topological polar surface area (TPSA) is 92.9 Å². The number of aromatic nitrogens is 1. The number of carbonyl (C=O) groups is 2. The lowest BCUT2D eigenvalue weighted by atomic mass is 9.55. The maximum atomic E-state index is 13.2. The molecule has 2 aliphatic rings. The molecule has 0 saturated heterocycles. The Morgan fingerprint density at radius 3 is 2.80 bits per heavy atom. The van der Waals surface area contributed by atoms with E-state index in [0.29, 0.717) is 18.8 Å². The lowest BCUT2D eigenvalue weighted by Gasteiger charge is -2.52. The van der Waals surface area contributed by atoms with Gasteiger partial charge in [-0.25, -0.2) is 0 Å². The Balaban J connectivity index is 2.17. The summed E-state index contributed by atoms with van der Waals surface area (Å²) in [6, 6.07) is -0.491. The monoisotopic (exact) mass is 348 g/mol. The third-order valence-corrected chi connectivity index (χ3v) is 5.34. The van der Waals surface area contributed by atoms with E-state index in [0.717, 1.165) is 12.8 Å². The Bertz CT molecular complexity index is 738. The minimum Gasteiger partial charge on any atom is -0.475 e. The lowest BCUT2D eigenvalue weighted by molar-refractivity contribution is -0.149. The quantitative estimate of drug-likeness (QED) is 0.642. The molecule has 0 amide bonds. The Morgan fingerprint density at radius 1 is 1.44 bits per heavy atom. The summed E-state index contributed by atoms with van der Waals surface area (Å²) in [5, 5.41) is 15.2. The van der Waals surface area contributed by atoms with Crippen molar-refractivity contribution < 1.29 is 24.0 Å². The third-order valence-electron chi connectivity index (χ3n) is 5.34. The van der Waals surface area contributed by atoms with Gasteiger partial charge in [0.05, 0.1) is 12.6 Å². The summed E-state index contributed by atoms with van der Waals surface area (Å²) < 4.78 is 11.1. The molecule has 136 valence electrons. The van der Waals surface area contributed by atoms with Crippen LogP contribution in [0.5, 0.6) is 5.88 Å². The molecule has 1 heterocycles. The van der Waals surface area contributed by atoms with Crippen molar-refractivity contribution in [2.75, 3.05) is 20.7 Å². The molecule has 0 fully saturated rings. The first-order valence-corrected chi connectivity index (χ1v) is 8.56. The number of nitrogens with zero attached hydrogens (tertiary/aromatic N) is 2. The van der Waals surface area contributed by atoms with Gasteiger partial charge in [0, 0.05) is 5.41 Å². The molecule has 0 unspecified atom stereocenters. The minimum absolute atomic E-state index is 0.0538. The first-order chi connectivity index (χ1) is 11.8. The molecule has 0 bridgehead atoms. The van der Waals surface area contributed by atoms with Crippen molar-refractivity contribution in [2.45, 2.75) is 44.8 Å². The van der Waals surface area contributed by atoms with Crippen molar-refractivity contribution in [3.8, 4) is 5.88 Å². The van der Waals surface area contributed by atoms with Crippen LogP contribution in [-0.2, 0) is 4.79 Å². The molecule has 3 rings (SSSR count). The number of aliphatic hydroxyl groups is 1. The second-order valence-electron chi connectivity index (χ2n) is 7.22. The highest BCUT2D eigenvalue weighted by atomic mass is 16.5. The SMILES string of the molecule is CCCCOc1noc2c1C(=O)[C@@]1(O)C(=O)C=CC[C@@]1(C)[C@H]2N(C)C. The number of hydrogen-bond acceptors (Lipinski definition) is 7. The number of ether oxygens (including phenoxy) is 1. The Labute approximate surface area is 146 Å². The van der Waals surface area contributed by atoms with E-state index >= 15 is 0 Å². The average Bonchev–Trinajstić information content (AvgIpc) is 2.94. The standard InChI is InChI=1S/C18H24N2O5/c1-5-6-10-24-16-12-13(25-19-16)14(20(3)4)17(2)9-7-8-11(21)18(17,23)15(12)22/h7-8,14,23H,5-6,9-10H2,1-4H3/t14-,17-,18-/m0/s1. The number of ketones is 2. The van der Waals surface area contributed by atoms with Crippen LogP contribution < -0.4 is 4.74 Å². The zero-order valence-corrected chi connectivity index (χ0v) is 15.0. The normalized spacial score (nSPS) is 31.2. The zero-order chi connectivity index (χ0) is 18.4. The predicted octanol–water partition coefficient (Wildman–Crippen LogP) is 1.92. The van der Waals surface area contributed by atoms with Gasteiger partial charge in [-0.2, -0.15) is 0 Å². The van der Waals surface area contributed by atoms with Crippen LogP contribution in [0.3, 0.4) is 0 Å². The van der Waals surface area contributed by atoms with E-state index < -0.39 is 28.6 Å². The van der Waals surface area contributed by atoms with Crippen LogP contribution in [0.15, 0.2) is 16.7 Å². The summed E-state index contributed by atoms with van der Waals surface area (Å²) in [7, 11) is 3.64. The zero-order valence-electron chi connectivity index (χ0n) is 15.0. The summed E-state index contributed by atoms with van der Waals surface area (Å²) in [4.78, 5) is 27.6. The summed E-state index contributed by atoms with van der Waals surface area (Å²) >= 11 is 0. The average molecular weight is 348 g/mol. The summed E-state index contributed by atoms with van der Waals surface area (Å²) in [5.74, 6) is -0.899. The van der Waals surface area contributed by atoms with Crippen molar-refractivity contribution in [3.63, 3.8) is 0 Å². The Hall–Kier alpha value is -1.99. The van der Waals surface area contributed by atoms with E-state index in [1.54, 1.807) is 13.0 Å². The van der Waals surface area contributed by atoms with E-state index in [-0.39, 0.29) is 11.4 Å². The molecule has 1 aromatic rings. The molecule has 25 heavy (non-hydrogen) atoms. The molecule has 0 spiro atoms. The molecular formula is C18H24N2O5. The molecule has 1 N–H and O–H groups in total. The van der Waals surface area contributed by atoms with Gasteiger partial charge in [0.2, 0.25) is 5.78 Å². The summed E-state index contributed by atoms with van der Waals surface area (Å²) in [6.45, 7) is 4.15. The highest BCUT2D eigenvalue weighted by molar-refractivity contribution is 6.23. The first kappa shape index (κ1) is 17.8. The molecule has 3 atom stereocenters. The molecular weight excluding hydrogens is 324 g/mol. The van der Waals surface area contributed by atoms with Crippen molar-refractivity contribution in [2.24, 2.45) is 5.41 Å². The van der Waals surface area contributed by atoms with E-state index in [9.17, 15) is 14.7 Å². The maximum Gasteiger partial charge on any atom is 0.265 e. The number of rotatable bonds is 5. The fourth-order valence-electron chi connectivity index (χ4n) is 4.01. The third kappa shape index (κ3) is 2.29. The molecule has 0 aliphatic heterocycles. The highest BCUT2D eigenvalue weighted by Crippen LogP contribution is 2.57. The molecule has 2 aliphatic carbocycles. The second kappa shape index (κ2) is 6.07. The minimum atomic E-state index is -2.15. The maximum absolute atomic E-state index is 13.2. The summed E-state index contributed by atoms with van der Waals surface area (Å²) in [6.07, 6.45) is 5.08. The van der Waals surface area contributed by atoms with E-state index in [1.165, 1.54) is 6.08 Å². The lowest BCUT2D eigenvalue weighted by Crippen LogP contribution is -2.65. The first-order valence-electron chi connectivity index (χ1n) is 8.56. The van der Waals surface area contributed by atoms with Crippen molar-refractivity contribution in [1.29, 1.82) is 0 Å². The molecule has 1 aromatic heterocycles.